The first-order valence-corrected chi connectivity index (χ1v) is 6.73. The second kappa shape index (κ2) is 5.61. The number of ether oxygens (including phenoxy) is 1. The SMILES string of the molecule is Cc1nn(C)c2c1nc(N)n2CCOCCC(C)C. The highest BCUT2D eigenvalue weighted by Gasteiger charge is 2.15. The van der Waals surface area contributed by atoms with Crippen LogP contribution in [0.2, 0.25) is 0 Å². The quantitative estimate of drug-likeness (QED) is 0.807. The Hall–Kier alpha value is -1.56. The van der Waals surface area contributed by atoms with Crippen molar-refractivity contribution in [2.45, 2.75) is 33.7 Å². The van der Waals surface area contributed by atoms with E-state index in [0.29, 0.717) is 25.0 Å². The molecule has 0 atom stereocenters. The van der Waals surface area contributed by atoms with Gasteiger partial charge in [-0.2, -0.15) is 5.10 Å². The molecule has 0 radical (unpaired) electrons. The number of imidazole rings is 1. The van der Waals surface area contributed by atoms with Gasteiger partial charge in [-0.25, -0.2) is 4.98 Å². The minimum Gasteiger partial charge on any atom is -0.380 e. The number of aryl methyl sites for hydroxylation is 2. The van der Waals surface area contributed by atoms with Gasteiger partial charge in [0.15, 0.2) is 5.65 Å². The summed E-state index contributed by atoms with van der Waals surface area (Å²) in [5, 5.41) is 4.36. The number of aromatic nitrogens is 4. The molecule has 19 heavy (non-hydrogen) atoms. The predicted molar refractivity (Wildman–Crippen MR) is 75.9 cm³/mol. The molecule has 0 aromatic carbocycles. The zero-order valence-electron chi connectivity index (χ0n) is 12.2. The molecular weight excluding hydrogens is 242 g/mol. The molecule has 2 aromatic heterocycles. The number of hydrogen-bond acceptors (Lipinski definition) is 4. The minimum atomic E-state index is 0.526. The monoisotopic (exact) mass is 265 g/mol. The van der Waals surface area contributed by atoms with Gasteiger partial charge in [0.1, 0.15) is 5.52 Å². The second-order valence-electron chi connectivity index (χ2n) is 5.30. The fourth-order valence-electron chi connectivity index (χ4n) is 2.15. The highest BCUT2D eigenvalue weighted by atomic mass is 16.5. The van der Waals surface area contributed by atoms with Crippen molar-refractivity contribution in [2.24, 2.45) is 13.0 Å². The van der Waals surface area contributed by atoms with Crippen LogP contribution < -0.4 is 5.73 Å². The Kier molecular flexibility index (Phi) is 4.09. The van der Waals surface area contributed by atoms with Crippen LogP contribution in [-0.4, -0.2) is 32.5 Å². The van der Waals surface area contributed by atoms with Gasteiger partial charge in [0.05, 0.1) is 18.8 Å². The Balaban J connectivity index is 2.02. The van der Waals surface area contributed by atoms with Gasteiger partial charge in [-0.05, 0) is 19.3 Å². The van der Waals surface area contributed by atoms with Gasteiger partial charge in [0, 0.05) is 13.7 Å². The Bertz CT molecular complexity index is 555. The van der Waals surface area contributed by atoms with E-state index in [2.05, 4.69) is 23.9 Å². The molecule has 2 N–H and O–H groups in total. The van der Waals surface area contributed by atoms with Gasteiger partial charge in [0.2, 0.25) is 5.95 Å². The largest absolute Gasteiger partial charge is 0.380 e. The fraction of sp³-hybridized carbons (Fsp3) is 0.692. The van der Waals surface area contributed by atoms with E-state index in [4.69, 9.17) is 10.5 Å². The summed E-state index contributed by atoms with van der Waals surface area (Å²) in [6.45, 7) is 8.47. The highest BCUT2D eigenvalue weighted by molar-refractivity contribution is 5.77. The molecule has 0 aliphatic heterocycles. The Morgan fingerprint density at radius 2 is 2.05 bits per heavy atom. The van der Waals surface area contributed by atoms with Gasteiger partial charge in [0.25, 0.3) is 0 Å². The van der Waals surface area contributed by atoms with E-state index in [1.165, 1.54) is 0 Å². The summed E-state index contributed by atoms with van der Waals surface area (Å²) < 4.78 is 9.42. The Morgan fingerprint density at radius 1 is 1.32 bits per heavy atom. The van der Waals surface area contributed by atoms with E-state index in [-0.39, 0.29) is 0 Å². The van der Waals surface area contributed by atoms with Gasteiger partial charge in [-0.15, -0.1) is 0 Å². The van der Waals surface area contributed by atoms with Crippen LogP contribution in [0, 0.1) is 12.8 Å². The van der Waals surface area contributed by atoms with Crippen molar-refractivity contribution < 1.29 is 4.74 Å². The van der Waals surface area contributed by atoms with E-state index in [1.807, 2.05) is 23.2 Å². The van der Waals surface area contributed by atoms with Gasteiger partial charge >= 0.3 is 0 Å². The van der Waals surface area contributed by atoms with Crippen LogP contribution in [0.3, 0.4) is 0 Å². The molecule has 0 saturated carbocycles. The van der Waals surface area contributed by atoms with Crippen molar-refractivity contribution in [1.29, 1.82) is 0 Å². The third kappa shape index (κ3) is 2.89. The number of rotatable bonds is 6. The van der Waals surface area contributed by atoms with E-state index >= 15 is 0 Å². The molecule has 0 amide bonds. The highest BCUT2D eigenvalue weighted by Crippen LogP contribution is 2.19. The molecule has 6 nitrogen and oxygen atoms in total. The molecule has 0 spiro atoms. The summed E-state index contributed by atoms with van der Waals surface area (Å²) in [5.74, 6) is 1.20. The lowest BCUT2D eigenvalue weighted by Crippen LogP contribution is -2.12. The normalized spacial score (nSPS) is 11.8. The molecule has 0 fully saturated rings. The summed E-state index contributed by atoms with van der Waals surface area (Å²) in [7, 11) is 1.91. The summed E-state index contributed by atoms with van der Waals surface area (Å²) in [5.41, 5.74) is 8.70. The van der Waals surface area contributed by atoms with Crippen molar-refractivity contribution in [2.75, 3.05) is 18.9 Å². The maximum atomic E-state index is 5.95. The molecule has 0 aliphatic carbocycles. The Labute approximate surface area is 113 Å². The average molecular weight is 265 g/mol. The van der Waals surface area contributed by atoms with E-state index in [0.717, 1.165) is 29.9 Å². The zero-order chi connectivity index (χ0) is 14.0. The molecule has 0 bridgehead atoms. The predicted octanol–water partition coefficient (Wildman–Crippen LogP) is 1.72. The van der Waals surface area contributed by atoms with Crippen LogP contribution in [0.25, 0.3) is 11.2 Å². The van der Waals surface area contributed by atoms with Crippen LogP contribution in [0.15, 0.2) is 0 Å². The van der Waals surface area contributed by atoms with Crippen molar-refractivity contribution >= 4 is 17.1 Å². The first kappa shape index (κ1) is 13.9. The number of nitrogen functional groups attached to an aromatic ring is 1. The lowest BCUT2D eigenvalue weighted by atomic mass is 10.1. The van der Waals surface area contributed by atoms with Gasteiger partial charge in [-0.3, -0.25) is 9.25 Å². The number of fused-ring (bicyclic) bond motifs is 1. The smallest absolute Gasteiger partial charge is 0.202 e. The lowest BCUT2D eigenvalue weighted by Gasteiger charge is -2.09. The Morgan fingerprint density at radius 3 is 2.74 bits per heavy atom. The van der Waals surface area contributed by atoms with Crippen molar-refractivity contribution in [1.82, 2.24) is 19.3 Å². The minimum absolute atomic E-state index is 0.526. The van der Waals surface area contributed by atoms with E-state index in [9.17, 15) is 0 Å². The third-order valence-electron chi connectivity index (χ3n) is 3.22. The lowest BCUT2D eigenvalue weighted by molar-refractivity contribution is 0.117. The van der Waals surface area contributed by atoms with Crippen LogP contribution in [0.5, 0.6) is 0 Å². The van der Waals surface area contributed by atoms with Crippen LogP contribution in [-0.2, 0) is 18.3 Å². The summed E-state index contributed by atoms with van der Waals surface area (Å²) in [6, 6.07) is 0. The maximum Gasteiger partial charge on any atom is 0.202 e. The fourth-order valence-corrected chi connectivity index (χ4v) is 2.15. The van der Waals surface area contributed by atoms with E-state index in [1.54, 1.807) is 0 Å². The van der Waals surface area contributed by atoms with Crippen molar-refractivity contribution in [3.05, 3.63) is 5.69 Å². The molecule has 0 unspecified atom stereocenters. The number of anilines is 1. The molecule has 0 aliphatic rings. The van der Waals surface area contributed by atoms with Gasteiger partial charge < -0.3 is 10.5 Å². The summed E-state index contributed by atoms with van der Waals surface area (Å²) in [6.07, 6.45) is 1.08. The van der Waals surface area contributed by atoms with Crippen molar-refractivity contribution in [3.63, 3.8) is 0 Å². The third-order valence-corrected chi connectivity index (χ3v) is 3.22. The average Bonchev–Trinajstić information content (AvgIpc) is 2.78. The first-order chi connectivity index (χ1) is 9.00. The molecule has 6 heteroatoms. The zero-order valence-corrected chi connectivity index (χ0v) is 12.2. The molecule has 0 saturated heterocycles. The number of nitrogens with two attached hydrogens (primary N) is 1. The number of nitrogens with zero attached hydrogens (tertiary/aromatic N) is 4. The number of hydrogen-bond donors (Lipinski definition) is 1. The van der Waals surface area contributed by atoms with Crippen LogP contribution >= 0.6 is 0 Å². The summed E-state index contributed by atoms with van der Waals surface area (Å²) in [4.78, 5) is 4.36. The van der Waals surface area contributed by atoms with E-state index < -0.39 is 0 Å². The van der Waals surface area contributed by atoms with Crippen molar-refractivity contribution in [3.8, 4) is 0 Å². The maximum absolute atomic E-state index is 5.95. The molecule has 2 heterocycles. The summed E-state index contributed by atoms with van der Waals surface area (Å²) >= 11 is 0. The van der Waals surface area contributed by atoms with Crippen LogP contribution in [0.4, 0.5) is 5.95 Å². The molecule has 106 valence electrons. The van der Waals surface area contributed by atoms with Gasteiger partial charge in [-0.1, -0.05) is 13.8 Å². The topological polar surface area (TPSA) is 70.9 Å². The molecular formula is C13H23N5O. The molecule has 2 rings (SSSR count). The van der Waals surface area contributed by atoms with Crippen LogP contribution in [0.1, 0.15) is 26.0 Å². The first-order valence-electron chi connectivity index (χ1n) is 6.73. The molecule has 2 aromatic rings. The second-order valence-corrected chi connectivity index (χ2v) is 5.30. The standard InChI is InChI=1S/C13H23N5O/c1-9(2)5-7-19-8-6-18-12-11(15-13(18)14)10(3)16-17(12)4/h9H,5-8H2,1-4H3,(H2,14,15).